The van der Waals surface area contributed by atoms with E-state index in [9.17, 15) is 14.5 Å². The van der Waals surface area contributed by atoms with Gasteiger partial charge < -0.3 is 10.2 Å². The predicted octanol–water partition coefficient (Wildman–Crippen LogP) is 2.55. The zero-order valence-corrected chi connectivity index (χ0v) is 12.2. The van der Waals surface area contributed by atoms with Crippen LogP contribution in [0.3, 0.4) is 0 Å². The molecule has 0 unspecified atom stereocenters. The zero-order valence-electron chi connectivity index (χ0n) is 12.2. The van der Waals surface area contributed by atoms with Crippen LogP contribution in [0, 0.1) is 15.9 Å². The molecule has 5 nitrogen and oxygen atoms in total. The first-order valence-corrected chi connectivity index (χ1v) is 6.76. The van der Waals surface area contributed by atoms with Gasteiger partial charge in [0, 0.05) is 24.2 Å². The summed E-state index contributed by atoms with van der Waals surface area (Å²) in [6.07, 6.45) is 0.950. The van der Waals surface area contributed by atoms with E-state index in [2.05, 4.69) is 31.1 Å². The van der Waals surface area contributed by atoms with Gasteiger partial charge in [-0.05, 0) is 40.4 Å². The van der Waals surface area contributed by atoms with E-state index in [4.69, 9.17) is 0 Å². The number of nitro benzene ring substituents is 1. The number of rotatable bonds is 8. The van der Waals surface area contributed by atoms with Crippen LogP contribution in [-0.2, 0) is 6.54 Å². The normalized spacial score (nSPS) is 11.3. The summed E-state index contributed by atoms with van der Waals surface area (Å²) in [6.45, 7) is 6.28. The van der Waals surface area contributed by atoms with Gasteiger partial charge in [0.2, 0.25) is 5.82 Å². The van der Waals surface area contributed by atoms with Crippen LogP contribution in [0.4, 0.5) is 10.1 Å². The molecule has 0 atom stereocenters. The lowest BCUT2D eigenvalue weighted by molar-refractivity contribution is -0.387. The van der Waals surface area contributed by atoms with E-state index >= 15 is 0 Å². The smallest absolute Gasteiger partial charge is 0.305 e. The molecule has 0 amide bonds. The van der Waals surface area contributed by atoms with E-state index in [-0.39, 0.29) is 0 Å². The lowest BCUT2D eigenvalue weighted by Crippen LogP contribution is -2.29. The quantitative estimate of drug-likeness (QED) is 0.452. The summed E-state index contributed by atoms with van der Waals surface area (Å²) in [7, 11) is 2.06. The first-order valence-electron chi connectivity index (χ1n) is 6.76. The maximum atomic E-state index is 13.8. The molecule has 0 saturated carbocycles. The molecule has 20 heavy (non-hydrogen) atoms. The van der Waals surface area contributed by atoms with Gasteiger partial charge in [0.25, 0.3) is 0 Å². The monoisotopic (exact) mass is 283 g/mol. The SMILES string of the molecule is CC(C)N(C)CCCNCc1cccc([N+](=O)[O-])c1F. The molecule has 1 aromatic carbocycles. The number of hydrogen-bond donors (Lipinski definition) is 1. The molecule has 0 radical (unpaired) electrons. The van der Waals surface area contributed by atoms with Crippen LogP contribution < -0.4 is 5.32 Å². The molecule has 0 aromatic heterocycles. The predicted molar refractivity (Wildman–Crippen MR) is 77.1 cm³/mol. The second-order valence-corrected chi connectivity index (χ2v) is 5.11. The summed E-state index contributed by atoms with van der Waals surface area (Å²) in [4.78, 5) is 12.2. The molecule has 1 N–H and O–H groups in total. The lowest BCUT2D eigenvalue weighted by atomic mass is 10.2. The van der Waals surface area contributed by atoms with E-state index in [1.165, 1.54) is 12.1 Å². The Morgan fingerprint density at radius 1 is 1.45 bits per heavy atom. The third-order valence-corrected chi connectivity index (χ3v) is 3.32. The zero-order chi connectivity index (χ0) is 15.1. The molecule has 0 aliphatic carbocycles. The summed E-state index contributed by atoms with van der Waals surface area (Å²) < 4.78 is 13.8. The minimum Gasteiger partial charge on any atom is -0.313 e. The topological polar surface area (TPSA) is 58.4 Å². The lowest BCUT2D eigenvalue weighted by Gasteiger charge is -2.20. The summed E-state index contributed by atoms with van der Waals surface area (Å²) in [6, 6.07) is 4.75. The van der Waals surface area contributed by atoms with E-state index in [1.807, 2.05) is 0 Å². The van der Waals surface area contributed by atoms with Gasteiger partial charge >= 0.3 is 5.69 Å². The highest BCUT2D eigenvalue weighted by Crippen LogP contribution is 2.19. The van der Waals surface area contributed by atoms with E-state index in [0.717, 1.165) is 19.5 Å². The average Bonchev–Trinajstić information content (AvgIpc) is 2.39. The number of nitro groups is 1. The third kappa shape index (κ3) is 4.86. The summed E-state index contributed by atoms with van der Waals surface area (Å²) in [5.41, 5.74) is -0.139. The molecule has 112 valence electrons. The molecule has 0 spiro atoms. The molecule has 1 aromatic rings. The highest BCUT2D eigenvalue weighted by atomic mass is 19.1. The van der Waals surface area contributed by atoms with Crippen LogP contribution in [0.1, 0.15) is 25.8 Å². The van der Waals surface area contributed by atoms with Crippen molar-refractivity contribution in [2.24, 2.45) is 0 Å². The minimum atomic E-state index is -0.746. The molecule has 6 heteroatoms. The standard InChI is InChI=1S/C14H22FN3O2/c1-11(2)17(3)9-5-8-16-10-12-6-4-7-13(14(12)15)18(19)20/h4,6-7,11,16H,5,8-10H2,1-3H3. The summed E-state index contributed by atoms with van der Waals surface area (Å²) in [5.74, 6) is -0.746. The number of nitrogens with zero attached hydrogens (tertiary/aromatic N) is 2. The van der Waals surface area contributed by atoms with Crippen LogP contribution in [0.25, 0.3) is 0 Å². The van der Waals surface area contributed by atoms with Crippen LogP contribution in [-0.4, -0.2) is 36.0 Å². The molecule has 1 rings (SSSR count). The molecular formula is C14H22FN3O2. The van der Waals surface area contributed by atoms with Crippen molar-refractivity contribution in [3.8, 4) is 0 Å². The van der Waals surface area contributed by atoms with Crippen molar-refractivity contribution in [3.05, 3.63) is 39.7 Å². The van der Waals surface area contributed by atoms with Crippen molar-refractivity contribution in [2.45, 2.75) is 32.9 Å². The van der Waals surface area contributed by atoms with Crippen molar-refractivity contribution >= 4 is 5.69 Å². The van der Waals surface area contributed by atoms with Crippen LogP contribution in [0.15, 0.2) is 18.2 Å². The van der Waals surface area contributed by atoms with Gasteiger partial charge in [-0.3, -0.25) is 10.1 Å². The second-order valence-electron chi connectivity index (χ2n) is 5.11. The van der Waals surface area contributed by atoms with Crippen LogP contribution in [0.2, 0.25) is 0 Å². The molecule has 0 aliphatic rings. The Bertz CT molecular complexity index is 452. The summed E-state index contributed by atoms with van der Waals surface area (Å²) >= 11 is 0. The Hall–Kier alpha value is -1.53. The molecular weight excluding hydrogens is 261 g/mol. The minimum absolute atomic E-state index is 0.304. The Balaban J connectivity index is 2.40. The van der Waals surface area contributed by atoms with Gasteiger partial charge in [-0.15, -0.1) is 0 Å². The van der Waals surface area contributed by atoms with Crippen molar-refractivity contribution in [3.63, 3.8) is 0 Å². The van der Waals surface area contributed by atoms with Gasteiger partial charge in [0.15, 0.2) is 0 Å². The largest absolute Gasteiger partial charge is 0.313 e. The maximum Gasteiger partial charge on any atom is 0.305 e. The molecule has 0 fully saturated rings. The highest BCUT2D eigenvalue weighted by Gasteiger charge is 2.16. The van der Waals surface area contributed by atoms with Crippen LogP contribution in [0.5, 0.6) is 0 Å². The third-order valence-electron chi connectivity index (χ3n) is 3.32. The Morgan fingerprint density at radius 2 is 2.15 bits per heavy atom. The van der Waals surface area contributed by atoms with Gasteiger partial charge in [-0.1, -0.05) is 12.1 Å². The van der Waals surface area contributed by atoms with Gasteiger partial charge in [-0.25, -0.2) is 0 Å². The van der Waals surface area contributed by atoms with Crippen LogP contribution >= 0.6 is 0 Å². The fourth-order valence-electron chi connectivity index (χ4n) is 1.78. The second kappa shape index (κ2) is 7.91. The molecule has 0 aliphatic heterocycles. The molecule has 0 bridgehead atoms. The number of benzene rings is 1. The first-order chi connectivity index (χ1) is 9.43. The first kappa shape index (κ1) is 16.5. The Morgan fingerprint density at radius 3 is 2.75 bits per heavy atom. The highest BCUT2D eigenvalue weighted by molar-refractivity contribution is 5.36. The van der Waals surface area contributed by atoms with E-state index < -0.39 is 16.4 Å². The average molecular weight is 283 g/mol. The Kier molecular flexibility index (Phi) is 6.54. The Labute approximate surface area is 118 Å². The number of nitrogens with one attached hydrogen (secondary N) is 1. The number of hydrogen-bond acceptors (Lipinski definition) is 4. The fourth-order valence-corrected chi connectivity index (χ4v) is 1.78. The van der Waals surface area contributed by atoms with Crippen molar-refractivity contribution < 1.29 is 9.31 Å². The molecule has 0 saturated heterocycles. The number of halogens is 1. The van der Waals surface area contributed by atoms with Gasteiger partial charge in [0.05, 0.1) is 4.92 Å². The van der Waals surface area contributed by atoms with Crippen molar-refractivity contribution in [1.82, 2.24) is 10.2 Å². The van der Waals surface area contributed by atoms with Crippen molar-refractivity contribution in [1.29, 1.82) is 0 Å². The van der Waals surface area contributed by atoms with Gasteiger partial charge in [-0.2, -0.15) is 4.39 Å². The summed E-state index contributed by atoms with van der Waals surface area (Å²) in [5, 5.41) is 13.7. The van der Waals surface area contributed by atoms with E-state index in [1.54, 1.807) is 6.07 Å². The van der Waals surface area contributed by atoms with Gasteiger partial charge in [0.1, 0.15) is 0 Å². The maximum absolute atomic E-state index is 13.8. The van der Waals surface area contributed by atoms with E-state index in [0.29, 0.717) is 18.2 Å². The van der Waals surface area contributed by atoms with Crippen molar-refractivity contribution in [2.75, 3.05) is 20.1 Å². The fraction of sp³-hybridized carbons (Fsp3) is 0.571. The molecule has 0 heterocycles.